The number of para-hydroxylation sites is 6. The van der Waals surface area contributed by atoms with Gasteiger partial charge in [0.05, 0.1) is 33.1 Å². The van der Waals surface area contributed by atoms with Gasteiger partial charge in [0.25, 0.3) is 0 Å². The number of nitrogens with zero attached hydrogens (tertiary/aromatic N) is 6. The summed E-state index contributed by atoms with van der Waals surface area (Å²) in [5.74, 6) is 0. The Hall–Kier alpha value is -11.3. The Morgan fingerprint density at radius 3 is 1.10 bits per heavy atom. The van der Waals surface area contributed by atoms with Crippen LogP contribution in [-0.4, -0.2) is 19.1 Å². The van der Waals surface area contributed by atoms with Crippen molar-refractivity contribution in [3.8, 4) is 44.8 Å². The molecule has 0 bridgehead atoms. The van der Waals surface area contributed by atoms with Crippen LogP contribution in [0.2, 0.25) is 0 Å². The molecule has 0 radical (unpaired) electrons. The van der Waals surface area contributed by atoms with Crippen molar-refractivity contribution in [2.45, 2.75) is 0 Å². The Labute approximate surface area is 486 Å². The number of pyridine rings is 2. The van der Waals surface area contributed by atoms with Gasteiger partial charge in [-0.2, -0.15) is 0 Å². The largest absolute Gasteiger partial charge is 0.310 e. The summed E-state index contributed by atoms with van der Waals surface area (Å²) in [6, 6.07) is 109. The normalized spacial score (nSPS) is 11.6. The minimum atomic E-state index is 0.899. The number of fused-ring (bicyclic) bond motifs is 9. The van der Waals surface area contributed by atoms with Crippen LogP contribution in [0.5, 0.6) is 0 Å². The lowest BCUT2D eigenvalue weighted by Gasteiger charge is -2.25. The molecule has 84 heavy (non-hydrogen) atoms. The van der Waals surface area contributed by atoms with Crippen molar-refractivity contribution in [2.75, 3.05) is 9.80 Å². The molecule has 0 N–H and O–H groups in total. The first-order valence-corrected chi connectivity index (χ1v) is 28.5. The van der Waals surface area contributed by atoms with E-state index in [-0.39, 0.29) is 0 Å². The second-order valence-electron chi connectivity index (χ2n) is 21.5. The second-order valence-corrected chi connectivity index (χ2v) is 21.5. The van der Waals surface area contributed by atoms with Crippen molar-refractivity contribution < 1.29 is 0 Å². The van der Waals surface area contributed by atoms with E-state index >= 15 is 0 Å². The molecular weight excluding hydrogens is 1020 g/mol. The summed E-state index contributed by atoms with van der Waals surface area (Å²) in [5.41, 5.74) is 21.9. The zero-order valence-corrected chi connectivity index (χ0v) is 45.7. The smallest absolute Gasteiger partial charge is 0.0964 e. The number of hydrogen-bond donors (Lipinski definition) is 0. The van der Waals surface area contributed by atoms with Gasteiger partial charge in [-0.1, -0.05) is 152 Å². The molecule has 394 valence electrons. The van der Waals surface area contributed by atoms with Crippen molar-refractivity contribution >= 4 is 99.5 Å². The van der Waals surface area contributed by atoms with E-state index in [2.05, 4.69) is 316 Å². The van der Waals surface area contributed by atoms with Gasteiger partial charge in [-0.05, 0) is 179 Å². The summed E-state index contributed by atoms with van der Waals surface area (Å²) >= 11 is 0. The first-order valence-electron chi connectivity index (χ1n) is 28.5. The lowest BCUT2D eigenvalue weighted by Crippen LogP contribution is -2.09. The molecule has 4 heterocycles. The van der Waals surface area contributed by atoms with Gasteiger partial charge >= 0.3 is 0 Å². The molecule has 0 amide bonds. The highest BCUT2D eigenvalue weighted by molar-refractivity contribution is 6.12. The van der Waals surface area contributed by atoms with E-state index in [0.717, 1.165) is 123 Å². The lowest BCUT2D eigenvalue weighted by atomic mass is 9.93. The Balaban J connectivity index is 0.793. The third-order valence-corrected chi connectivity index (χ3v) is 16.5. The Kier molecular flexibility index (Phi) is 11.8. The van der Waals surface area contributed by atoms with Crippen LogP contribution in [0.3, 0.4) is 0 Å². The van der Waals surface area contributed by atoms with Gasteiger partial charge < -0.3 is 18.9 Å². The third kappa shape index (κ3) is 8.43. The first kappa shape index (κ1) is 48.6. The van der Waals surface area contributed by atoms with Crippen molar-refractivity contribution in [2.24, 2.45) is 0 Å². The summed E-state index contributed by atoms with van der Waals surface area (Å²) in [6.07, 6.45) is 3.85. The molecule has 6 heteroatoms. The summed E-state index contributed by atoms with van der Waals surface area (Å²) in [5, 5.41) is 6.93. The van der Waals surface area contributed by atoms with Crippen LogP contribution in [0.25, 0.3) is 110 Å². The predicted octanol–water partition coefficient (Wildman–Crippen LogP) is 20.9. The van der Waals surface area contributed by atoms with Crippen LogP contribution in [0.4, 0.5) is 34.1 Å². The topological polar surface area (TPSA) is 42.1 Å². The molecule has 0 saturated carbocycles. The maximum absolute atomic E-state index is 5.09. The fourth-order valence-electron chi connectivity index (χ4n) is 12.6. The number of anilines is 6. The van der Waals surface area contributed by atoms with Gasteiger partial charge in [-0.15, -0.1) is 0 Å². The fraction of sp³-hybridized carbons (Fsp3) is 0. The average molecular weight is 1070 g/mol. The van der Waals surface area contributed by atoms with Gasteiger partial charge in [0.1, 0.15) is 0 Å². The van der Waals surface area contributed by atoms with Crippen LogP contribution < -0.4 is 9.80 Å². The second kappa shape index (κ2) is 20.3. The molecule has 0 aliphatic heterocycles. The van der Waals surface area contributed by atoms with Gasteiger partial charge in [-0.25, -0.2) is 0 Å². The maximum atomic E-state index is 5.09. The Morgan fingerprint density at radius 1 is 0.238 bits per heavy atom. The van der Waals surface area contributed by atoms with Gasteiger partial charge in [-0.3, -0.25) is 9.97 Å². The summed E-state index contributed by atoms with van der Waals surface area (Å²) < 4.78 is 4.80. The minimum Gasteiger partial charge on any atom is -0.310 e. The lowest BCUT2D eigenvalue weighted by molar-refractivity contribution is 1.18. The van der Waals surface area contributed by atoms with Crippen LogP contribution in [-0.2, 0) is 0 Å². The van der Waals surface area contributed by atoms with Crippen molar-refractivity contribution in [1.29, 1.82) is 0 Å². The fourth-order valence-corrected chi connectivity index (χ4v) is 12.6. The maximum Gasteiger partial charge on any atom is 0.0964 e. The molecule has 16 rings (SSSR count). The monoisotopic (exact) mass is 1070 g/mol. The van der Waals surface area contributed by atoms with Crippen LogP contribution in [0.15, 0.2) is 316 Å². The first-order chi connectivity index (χ1) is 41.6. The molecular formula is C78H52N6. The van der Waals surface area contributed by atoms with Crippen molar-refractivity contribution in [3.63, 3.8) is 0 Å². The van der Waals surface area contributed by atoms with Crippen LogP contribution in [0.1, 0.15) is 0 Å². The van der Waals surface area contributed by atoms with E-state index in [0.29, 0.717) is 0 Å². The zero-order valence-electron chi connectivity index (χ0n) is 45.7. The Morgan fingerprint density at radius 2 is 0.631 bits per heavy atom. The number of benzene rings is 12. The van der Waals surface area contributed by atoms with Crippen LogP contribution >= 0.6 is 0 Å². The highest BCUT2D eigenvalue weighted by Crippen LogP contribution is 2.43. The van der Waals surface area contributed by atoms with Gasteiger partial charge in [0.15, 0.2) is 0 Å². The van der Waals surface area contributed by atoms with Crippen molar-refractivity contribution in [3.05, 3.63) is 316 Å². The molecule has 6 nitrogen and oxygen atoms in total. The molecule has 16 aromatic rings. The highest BCUT2D eigenvalue weighted by atomic mass is 15.1. The Bertz CT molecular complexity index is 4770. The molecule has 4 aromatic heterocycles. The average Bonchev–Trinajstić information content (AvgIpc) is 2.20. The molecule has 0 saturated heterocycles. The van der Waals surface area contributed by atoms with E-state index in [1.54, 1.807) is 0 Å². The minimum absolute atomic E-state index is 0.899. The summed E-state index contributed by atoms with van der Waals surface area (Å²) in [7, 11) is 0. The van der Waals surface area contributed by atoms with E-state index in [9.17, 15) is 0 Å². The third-order valence-electron chi connectivity index (χ3n) is 16.5. The standard InChI is InChI=1S/C78H52N6/c1-5-19-61(20-6-1)81(62-21-7-2-8-22-62)67-41-43-75-71(50-67)69-27-13-15-29-73(69)83(75)65-37-33-53(34-38-65)57-47-58(49-59(48-57)60-46-56-32-31-55-18-17-45-79-77(55)78(56)80-52-60)54-35-39-66(40-36-54)84-74-30-16-14-28-70(74)72-51-68(42-44-76(72)84)82(63-23-9-3-10-24-63)64-25-11-4-12-26-64/h1-52H. The number of rotatable bonds is 11. The van der Waals surface area contributed by atoms with Crippen molar-refractivity contribution in [1.82, 2.24) is 19.1 Å². The van der Waals surface area contributed by atoms with Gasteiger partial charge in [0, 0.05) is 95.8 Å². The van der Waals surface area contributed by atoms with Gasteiger partial charge in [0.2, 0.25) is 0 Å². The SMILES string of the molecule is c1ccc(N(c2ccccc2)c2ccc3c(c2)c2ccccc2n3-c2ccc(-c3cc(-c4ccc(-n5c6ccccc6c6cc(N(c7ccccc7)c7ccccc7)ccc65)cc4)cc(-c4cnc5c(ccc6cccnc65)c4)c3)cc2)cc1. The van der Waals surface area contributed by atoms with Crippen LogP contribution in [0, 0.1) is 0 Å². The molecule has 0 fully saturated rings. The number of aromatic nitrogens is 4. The molecule has 0 aliphatic carbocycles. The van der Waals surface area contributed by atoms with E-state index in [1.165, 1.54) is 21.5 Å². The molecule has 0 spiro atoms. The zero-order chi connectivity index (χ0) is 55.5. The van der Waals surface area contributed by atoms with E-state index in [4.69, 9.17) is 9.97 Å². The highest BCUT2D eigenvalue weighted by Gasteiger charge is 2.20. The molecule has 0 unspecified atom stereocenters. The summed E-state index contributed by atoms with van der Waals surface area (Å²) in [6.45, 7) is 0. The molecule has 0 atom stereocenters. The summed E-state index contributed by atoms with van der Waals surface area (Å²) in [4.78, 5) is 14.5. The van der Waals surface area contributed by atoms with E-state index in [1.807, 2.05) is 18.5 Å². The quantitative estimate of drug-likeness (QED) is 0.121. The molecule has 12 aromatic carbocycles. The predicted molar refractivity (Wildman–Crippen MR) is 351 cm³/mol. The molecule has 0 aliphatic rings. The van der Waals surface area contributed by atoms with E-state index < -0.39 is 0 Å². The number of hydrogen-bond acceptors (Lipinski definition) is 4.